The lowest BCUT2D eigenvalue weighted by Crippen LogP contribution is -2.14. The van der Waals surface area contributed by atoms with Gasteiger partial charge in [0.1, 0.15) is 17.1 Å². The lowest BCUT2D eigenvalue weighted by molar-refractivity contribution is 0.480. The van der Waals surface area contributed by atoms with E-state index in [0.29, 0.717) is 11.3 Å². The van der Waals surface area contributed by atoms with E-state index in [-0.39, 0.29) is 5.75 Å². The summed E-state index contributed by atoms with van der Waals surface area (Å²) in [6.45, 7) is 5.73. The molecule has 0 fully saturated rings. The van der Waals surface area contributed by atoms with Gasteiger partial charge < -0.3 is 15.7 Å². The first-order valence-electron chi connectivity index (χ1n) is 5.55. The molecule has 3 N–H and O–H groups in total. The van der Waals surface area contributed by atoms with Crippen molar-refractivity contribution in [2.45, 2.75) is 6.92 Å². The molecule has 0 radical (unpaired) electrons. The minimum absolute atomic E-state index is 0.160. The van der Waals surface area contributed by atoms with E-state index in [1.807, 2.05) is 25.1 Å². The smallest absolute Gasteiger partial charge is 0.141 e. The maximum atomic E-state index is 9.80. The number of fused-ring (bicyclic) bond motifs is 1. The van der Waals surface area contributed by atoms with Crippen molar-refractivity contribution in [1.82, 2.24) is 4.98 Å². The van der Waals surface area contributed by atoms with Gasteiger partial charge in [0.15, 0.2) is 0 Å². The average molecular weight is 241 g/mol. The third kappa shape index (κ3) is 2.13. The van der Waals surface area contributed by atoms with Crippen molar-refractivity contribution in [3.8, 4) is 5.75 Å². The number of phenols is 1. The van der Waals surface area contributed by atoms with Crippen LogP contribution in [0.5, 0.6) is 5.75 Å². The van der Waals surface area contributed by atoms with Crippen LogP contribution in [0.2, 0.25) is 0 Å². The number of hydrogen-bond donors (Lipinski definition) is 2. The number of rotatable bonds is 3. The Labute approximate surface area is 106 Å². The van der Waals surface area contributed by atoms with Crippen molar-refractivity contribution in [1.29, 1.82) is 0 Å². The highest BCUT2D eigenvalue weighted by atomic mass is 16.3. The second-order valence-corrected chi connectivity index (χ2v) is 3.97. The molecule has 0 aliphatic rings. The van der Waals surface area contributed by atoms with Gasteiger partial charge in [-0.1, -0.05) is 18.7 Å². The minimum atomic E-state index is 0.160. The van der Waals surface area contributed by atoms with Gasteiger partial charge in [0, 0.05) is 23.5 Å². The fraction of sp³-hybridized carbons (Fsp3) is 0.0714. The van der Waals surface area contributed by atoms with Crippen molar-refractivity contribution >= 4 is 16.7 Å². The lowest BCUT2D eigenvalue weighted by atomic mass is 10.2. The fourth-order valence-electron chi connectivity index (χ4n) is 1.74. The van der Waals surface area contributed by atoms with Crippen LogP contribution in [0.25, 0.3) is 10.9 Å². The second kappa shape index (κ2) is 4.79. The first kappa shape index (κ1) is 12.0. The number of phenolic OH excluding ortho intramolecular Hbond substituents is 1. The largest absolute Gasteiger partial charge is 0.506 e. The summed E-state index contributed by atoms with van der Waals surface area (Å²) in [6.07, 6.45) is 3.10. The maximum Gasteiger partial charge on any atom is 0.141 e. The lowest BCUT2D eigenvalue weighted by Gasteiger charge is -2.19. The van der Waals surface area contributed by atoms with Gasteiger partial charge in [-0.3, -0.25) is 0 Å². The van der Waals surface area contributed by atoms with Crippen LogP contribution in [0.4, 0.5) is 5.82 Å². The topological polar surface area (TPSA) is 62.4 Å². The van der Waals surface area contributed by atoms with Crippen LogP contribution >= 0.6 is 0 Å². The molecule has 0 atom stereocenters. The van der Waals surface area contributed by atoms with Gasteiger partial charge in [0.25, 0.3) is 0 Å². The predicted molar refractivity (Wildman–Crippen MR) is 74.0 cm³/mol. The molecule has 1 aromatic carbocycles. The summed E-state index contributed by atoms with van der Waals surface area (Å²) >= 11 is 0. The molecule has 0 unspecified atom stereocenters. The summed E-state index contributed by atoms with van der Waals surface area (Å²) in [7, 11) is 0. The molecule has 2 rings (SSSR count). The first-order valence-corrected chi connectivity index (χ1v) is 5.55. The number of nitrogens with zero attached hydrogens (tertiary/aromatic N) is 2. The highest BCUT2D eigenvalue weighted by Gasteiger charge is 2.08. The molecule has 4 heteroatoms. The Kier molecular flexibility index (Phi) is 3.19. The molecule has 0 amide bonds. The Morgan fingerprint density at radius 2 is 2.17 bits per heavy atom. The van der Waals surface area contributed by atoms with Crippen molar-refractivity contribution in [3.63, 3.8) is 0 Å². The molecule has 0 saturated carbocycles. The van der Waals surface area contributed by atoms with Crippen LogP contribution in [0, 0.1) is 0 Å². The maximum absolute atomic E-state index is 9.80. The summed E-state index contributed by atoms with van der Waals surface area (Å²) in [5, 5.41) is 10.7. The van der Waals surface area contributed by atoms with Crippen LogP contribution in [0.1, 0.15) is 6.92 Å². The number of allylic oxidation sites excluding steroid dienone is 1. The highest BCUT2D eigenvalue weighted by Crippen LogP contribution is 2.26. The molecular formula is C14H15N3O. The van der Waals surface area contributed by atoms with Crippen molar-refractivity contribution in [2.24, 2.45) is 5.73 Å². The number of benzene rings is 1. The number of aromatic nitrogens is 1. The van der Waals surface area contributed by atoms with Gasteiger partial charge in [-0.25, -0.2) is 4.98 Å². The second-order valence-electron chi connectivity index (χ2n) is 3.97. The van der Waals surface area contributed by atoms with E-state index in [1.165, 1.54) is 6.20 Å². The molecule has 0 bridgehead atoms. The summed E-state index contributed by atoms with van der Waals surface area (Å²) in [5.74, 6) is 0.825. The molecule has 1 heterocycles. The van der Waals surface area contributed by atoms with E-state index in [1.54, 1.807) is 23.2 Å². The van der Waals surface area contributed by atoms with Crippen molar-refractivity contribution in [2.75, 3.05) is 4.90 Å². The van der Waals surface area contributed by atoms with Gasteiger partial charge in [0.05, 0.1) is 0 Å². The molecular weight excluding hydrogens is 226 g/mol. The number of para-hydroxylation sites is 1. The normalized spacial score (nSPS) is 10.9. The molecule has 92 valence electrons. The number of aromatic hydroxyl groups is 1. The van der Waals surface area contributed by atoms with E-state index in [4.69, 9.17) is 5.73 Å². The Bertz CT molecular complexity index is 619. The molecule has 18 heavy (non-hydrogen) atoms. The molecule has 0 saturated heterocycles. The molecule has 0 aliphatic heterocycles. The summed E-state index contributed by atoms with van der Waals surface area (Å²) in [6, 6.07) is 9.06. The van der Waals surface area contributed by atoms with Gasteiger partial charge >= 0.3 is 0 Å². The van der Waals surface area contributed by atoms with E-state index >= 15 is 0 Å². The molecule has 4 nitrogen and oxygen atoms in total. The standard InChI is InChI=1S/C14H15N3O/c1-10(2)17(9-8-15)13-7-6-11-4-3-5-12(18)14(11)16-13/h3-9,18H,1,15H2,2H3/b9-8-. The fourth-order valence-corrected chi connectivity index (χ4v) is 1.74. The van der Waals surface area contributed by atoms with Crippen LogP contribution in [-0.2, 0) is 0 Å². The Morgan fingerprint density at radius 3 is 2.83 bits per heavy atom. The van der Waals surface area contributed by atoms with Crippen molar-refractivity contribution < 1.29 is 5.11 Å². The molecule has 0 aliphatic carbocycles. The predicted octanol–water partition coefficient (Wildman–Crippen LogP) is 2.71. The third-order valence-electron chi connectivity index (χ3n) is 2.58. The van der Waals surface area contributed by atoms with Gasteiger partial charge in [-0.05, 0) is 25.1 Å². The van der Waals surface area contributed by atoms with Crippen LogP contribution in [0.3, 0.4) is 0 Å². The molecule has 2 aromatic rings. The van der Waals surface area contributed by atoms with E-state index in [0.717, 1.165) is 11.1 Å². The molecule has 0 spiro atoms. The quantitative estimate of drug-likeness (QED) is 0.867. The average Bonchev–Trinajstić information content (AvgIpc) is 2.36. The number of nitrogens with two attached hydrogens (primary N) is 1. The Balaban J connectivity index is 2.58. The SMILES string of the molecule is C=C(C)N(/C=C\N)c1ccc2cccc(O)c2n1. The number of anilines is 1. The number of hydrogen-bond acceptors (Lipinski definition) is 4. The van der Waals surface area contributed by atoms with Crippen LogP contribution < -0.4 is 10.6 Å². The summed E-state index contributed by atoms with van der Waals surface area (Å²) in [4.78, 5) is 6.18. The zero-order chi connectivity index (χ0) is 13.1. The highest BCUT2D eigenvalue weighted by molar-refractivity contribution is 5.85. The van der Waals surface area contributed by atoms with Gasteiger partial charge in [-0.15, -0.1) is 0 Å². The van der Waals surface area contributed by atoms with E-state index in [2.05, 4.69) is 11.6 Å². The van der Waals surface area contributed by atoms with Crippen LogP contribution in [-0.4, -0.2) is 10.1 Å². The van der Waals surface area contributed by atoms with E-state index < -0.39 is 0 Å². The van der Waals surface area contributed by atoms with E-state index in [9.17, 15) is 5.11 Å². The summed E-state index contributed by atoms with van der Waals surface area (Å²) in [5.41, 5.74) is 6.76. The van der Waals surface area contributed by atoms with Crippen molar-refractivity contribution in [3.05, 3.63) is 55.0 Å². The van der Waals surface area contributed by atoms with Gasteiger partial charge in [-0.2, -0.15) is 0 Å². The zero-order valence-electron chi connectivity index (χ0n) is 10.2. The zero-order valence-corrected chi connectivity index (χ0v) is 10.2. The molecule has 1 aromatic heterocycles. The van der Waals surface area contributed by atoms with Crippen LogP contribution in [0.15, 0.2) is 55.0 Å². The monoisotopic (exact) mass is 241 g/mol. The minimum Gasteiger partial charge on any atom is -0.506 e. The summed E-state index contributed by atoms with van der Waals surface area (Å²) < 4.78 is 0. The number of pyridine rings is 1. The van der Waals surface area contributed by atoms with Gasteiger partial charge in [0.2, 0.25) is 0 Å². The Hall–Kier alpha value is -2.49. The third-order valence-corrected chi connectivity index (χ3v) is 2.58. The Morgan fingerprint density at radius 1 is 1.39 bits per heavy atom. The first-order chi connectivity index (χ1) is 8.63.